The predicted octanol–water partition coefficient (Wildman–Crippen LogP) is 2.81. The quantitative estimate of drug-likeness (QED) is 0.801. The molecule has 0 amide bonds. The lowest BCUT2D eigenvalue weighted by atomic mass is 10.0. The molecule has 0 aliphatic heterocycles. The minimum atomic E-state index is -0.612. The van der Waals surface area contributed by atoms with E-state index in [1.807, 2.05) is 13.8 Å². The molecule has 0 aliphatic rings. The van der Waals surface area contributed by atoms with E-state index in [4.69, 9.17) is 0 Å². The number of aryl methyl sites for hydroxylation is 1. The van der Waals surface area contributed by atoms with Gasteiger partial charge in [0.05, 0.1) is 5.60 Å². The number of rotatable bonds is 5. The molecule has 0 fully saturated rings. The Morgan fingerprint density at radius 3 is 2.38 bits per heavy atom. The van der Waals surface area contributed by atoms with Crippen LogP contribution in [0.15, 0.2) is 24.3 Å². The summed E-state index contributed by atoms with van der Waals surface area (Å²) in [5.74, 6) is 0. The van der Waals surface area contributed by atoms with Crippen LogP contribution in [-0.2, 0) is 0 Å². The lowest BCUT2D eigenvalue weighted by Gasteiger charge is -2.24. The van der Waals surface area contributed by atoms with Crippen molar-refractivity contribution in [3.05, 3.63) is 35.4 Å². The van der Waals surface area contributed by atoms with Gasteiger partial charge in [-0.1, -0.05) is 36.8 Å². The SMILES string of the molecule is CCC(C)(O)CN[C@H](C)c1ccc(C)cc1. The van der Waals surface area contributed by atoms with E-state index in [0.29, 0.717) is 6.54 Å². The number of hydrogen-bond acceptors (Lipinski definition) is 2. The van der Waals surface area contributed by atoms with E-state index in [1.165, 1.54) is 11.1 Å². The minimum Gasteiger partial charge on any atom is -0.389 e. The van der Waals surface area contributed by atoms with Crippen molar-refractivity contribution >= 4 is 0 Å². The highest BCUT2D eigenvalue weighted by Gasteiger charge is 2.18. The second kappa shape index (κ2) is 5.46. The van der Waals surface area contributed by atoms with Crippen molar-refractivity contribution in [2.24, 2.45) is 0 Å². The minimum absolute atomic E-state index is 0.277. The fourth-order valence-electron chi connectivity index (χ4n) is 1.47. The Kier molecular flexibility index (Phi) is 4.51. The maximum Gasteiger partial charge on any atom is 0.0741 e. The zero-order valence-electron chi connectivity index (χ0n) is 10.7. The molecule has 2 N–H and O–H groups in total. The lowest BCUT2D eigenvalue weighted by molar-refractivity contribution is 0.0533. The van der Waals surface area contributed by atoms with Crippen LogP contribution in [0, 0.1) is 6.92 Å². The average molecular weight is 221 g/mol. The van der Waals surface area contributed by atoms with Gasteiger partial charge in [-0.3, -0.25) is 0 Å². The van der Waals surface area contributed by atoms with Crippen LogP contribution in [0.4, 0.5) is 0 Å². The van der Waals surface area contributed by atoms with E-state index in [0.717, 1.165) is 6.42 Å². The first-order valence-electron chi connectivity index (χ1n) is 5.97. The third kappa shape index (κ3) is 3.95. The van der Waals surface area contributed by atoms with Crippen molar-refractivity contribution in [1.82, 2.24) is 5.32 Å². The molecular weight excluding hydrogens is 198 g/mol. The van der Waals surface area contributed by atoms with Crippen LogP contribution in [0.2, 0.25) is 0 Å². The highest BCUT2D eigenvalue weighted by molar-refractivity contribution is 5.23. The molecule has 1 aromatic carbocycles. The normalized spacial score (nSPS) is 16.8. The van der Waals surface area contributed by atoms with Crippen molar-refractivity contribution in [1.29, 1.82) is 0 Å². The highest BCUT2D eigenvalue weighted by Crippen LogP contribution is 2.15. The van der Waals surface area contributed by atoms with Crippen molar-refractivity contribution in [2.75, 3.05) is 6.54 Å². The maximum atomic E-state index is 9.90. The monoisotopic (exact) mass is 221 g/mol. The fraction of sp³-hybridized carbons (Fsp3) is 0.571. The first kappa shape index (κ1) is 13.2. The van der Waals surface area contributed by atoms with Crippen LogP contribution in [0.25, 0.3) is 0 Å². The summed E-state index contributed by atoms with van der Waals surface area (Å²) in [6, 6.07) is 8.77. The molecule has 0 aromatic heterocycles. The first-order chi connectivity index (χ1) is 7.44. The molecule has 0 bridgehead atoms. The molecule has 0 radical (unpaired) electrons. The Morgan fingerprint density at radius 1 is 1.31 bits per heavy atom. The smallest absolute Gasteiger partial charge is 0.0741 e. The molecule has 0 heterocycles. The first-order valence-corrected chi connectivity index (χ1v) is 5.97. The highest BCUT2D eigenvalue weighted by atomic mass is 16.3. The van der Waals surface area contributed by atoms with Gasteiger partial charge < -0.3 is 10.4 Å². The summed E-state index contributed by atoms with van der Waals surface area (Å²) in [7, 11) is 0. The number of aliphatic hydroxyl groups is 1. The van der Waals surface area contributed by atoms with E-state index in [-0.39, 0.29) is 6.04 Å². The molecule has 2 nitrogen and oxygen atoms in total. The second-order valence-corrected chi connectivity index (χ2v) is 4.86. The molecule has 0 saturated heterocycles. The molecule has 0 spiro atoms. The van der Waals surface area contributed by atoms with Crippen molar-refractivity contribution in [3.8, 4) is 0 Å². The summed E-state index contributed by atoms with van der Waals surface area (Å²) < 4.78 is 0. The van der Waals surface area contributed by atoms with Gasteiger partial charge >= 0.3 is 0 Å². The summed E-state index contributed by atoms with van der Waals surface area (Å²) >= 11 is 0. The molecule has 2 atom stereocenters. The zero-order valence-corrected chi connectivity index (χ0v) is 10.7. The number of nitrogens with one attached hydrogen (secondary N) is 1. The molecule has 0 saturated carbocycles. The summed E-state index contributed by atoms with van der Waals surface area (Å²) in [5.41, 5.74) is 1.92. The zero-order chi connectivity index (χ0) is 12.2. The van der Waals surface area contributed by atoms with Crippen molar-refractivity contribution in [2.45, 2.75) is 45.8 Å². The summed E-state index contributed by atoms with van der Waals surface area (Å²) in [6.07, 6.45) is 0.765. The average Bonchev–Trinajstić information content (AvgIpc) is 2.27. The molecule has 2 heteroatoms. The number of benzene rings is 1. The Bertz CT molecular complexity index is 316. The van der Waals surface area contributed by atoms with Gasteiger partial charge in [-0.25, -0.2) is 0 Å². The van der Waals surface area contributed by atoms with Crippen LogP contribution in [-0.4, -0.2) is 17.3 Å². The molecule has 0 aliphatic carbocycles. The fourth-order valence-corrected chi connectivity index (χ4v) is 1.47. The van der Waals surface area contributed by atoms with Gasteiger partial charge in [0, 0.05) is 12.6 Å². The van der Waals surface area contributed by atoms with E-state index >= 15 is 0 Å². The van der Waals surface area contributed by atoms with Gasteiger partial charge in [0.25, 0.3) is 0 Å². The Hall–Kier alpha value is -0.860. The van der Waals surface area contributed by atoms with Crippen LogP contribution in [0.5, 0.6) is 0 Å². The van der Waals surface area contributed by atoms with Crippen molar-refractivity contribution < 1.29 is 5.11 Å². The Morgan fingerprint density at radius 2 is 1.88 bits per heavy atom. The predicted molar refractivity (Wildman–Crippen MR) is 68.5 cm³/mol. The van der Waals surface area contributed by atoms with Crippen LogP contribution in [0.1, 0.15) is 44.4 Å². The van der Waals surface area contributed by atoms with Crippen molar-refractivity contribution in [3.63, 3.8) is 0 Å². The summed E-state index contributed by atoms with van der Waals surface area (Å²) in [5, 5.41) is 13.3. The lowest BCUT2D eigenvalue weighted by Crippen LogP contribution is -2.38. The van der Waals surface area contributed by atoms with Crippen LogP contribution in [0.3, 0.4) is 0 Å². The standard InChI is InChI=1S/C14H23NO/c1-5-14(4,16)10-15-12(3)13-8-6-11(2)7-9-13/h6-9,12,15-16H,5,10H2,1-4H3/t12-,14?/m1/s1. The van der Waals surface area contributed by atoms with E-state index < -0.39 is 5.60 Å². The molecule has 90 valence electrons. The Labute approximate surface area is 98.7 Å². The number of hydrogen-bond donors (Lipinski definition) is 2. The van der Waals surface area contributed by atoms with Crippen LogP contribution < -0.4 is 5.32 Å². The molecule has 16 heavy (non-hydrogen) atoms. The van der Waals surface area contributed by atoms with Crippen LogP contribution >= 0.6 is 0 Å². The maximum absolute atomic E-state index is 9.90. The van der Waals surface area contributed by atoms with E-state index in [1.54, 1.807) is 0 Å². The molecular formula is C14H23NO. The summed E-state index contributed by atoms with van der Waals surface area (Å²) in [4.78, 5) is 0. The van der Waals surface area contributed by atoms with E-state index in [9.17, 15) is 5.11 Å². The Balaban J connectivity index is 2.53. The summed E-state index contributed by atoms with van der Waals surface area (Å²) in [6.45, 7) is 8.69. The molecule has 1 aromatic rings. The van der Waals surface area contributed by atoms with E-state index in [2.05, 4.69) is 43.4 Å². The largest absolute Gasteiger partial charge is 0.389 e. The second-order valence-electron chi connectivity index (χ2n) is 4.86. The third-order valence-corrected chi connectivity index (χ3v) is 3.13. The van der Waals surface area contributed by atoms with Gasteiger partial charge in [0.15, 0.2) is 0 Å². The van der Waals surface area contributed by atoms with Gasteiger partial charge in [-0.2, -0.15) is 0 Å². The van der Waals surface area contributed by atoms with Gasteiger partial charge in [-0.15, -0.1) is 0 Å². The molecule has 1 unspecified atom stereocenters. The van der Waals surface area contributed by atoms with Gasteiger partial charge in [-0.05, 0) is 32.8 Å². The third-order valence-electron chi connectivity index (χ3n) is 3.13. The van der Waals surface area contributed by atoms with Gasteiger partial charge in [0.1, 0.15) is 0 Å². The topological polar surface area (TPSA) is 32.3 Å². The molecule has 1 rings (SSSR count). The van der Waals surface area contributed by atoms with Gasteiger partial charge in [0.2, 0.25) is 0 Å².